The third kappa shape index (κ3) is 9.68. The number of benzene rings is 1. The smallest absolute Gasteiger partial charge is 0.247 e. The molecule has 51 heavy (non-hydrogen) atoms. The van der Waals surface area contributed by atoms with Crippen LogP contribution in [-0.2, 0) is 33.6 Å². The van der Waals surface area contributed by atoms with Crippen LogP contribution in [0.5, 0.6) is 0 Å². The zero-order valence-electron chi connectivity index (χ0n) is 29.2. The second-order valence-electron chi connectivity index (χ2n) is 13.8. The lowest BCUT2D eigenvalue weighted by Gasteiger charge is -2.35. The van der Waals surface area contributed by atoms with Gasteiger partial charge in [-0.3, -0.25) is 33.6 Å². The summed E-state index contributed by atoms with van der Waals surface area (Å²) in [6.45, 7) is 6.80. The van der Waals surface area contributed by atoms with Crippen molar-refractivity contribution in [3.8, 4) is 10.4 Å². The molecular formula is C34H46N8O8S. The summed E-state index contributed by atoms with van der Waals surface area (Å²) >= 11 is 1.55. The molecule has 2 fully saturated rings. The first kappa shape index (κ1) is 38.9. The number of hydrogen-bond acceptors (Lipinski definition) is 10. The van der Waals surface area contributed by atoms with E-state index < -0.39 is 96.2 Å². The molecule has 16 nitrogen and oxygen atoms in total. The molecule has 1 aromatic heterocycles. The number of hydrogen-bond donors (Lipinski definition) is 8. The Balaban J connectivity index is 1.69. The summed E-state index contributed by atoms with van der Waals surface area (Å²) in [5, 5.41) is 27.7. The van der Waals surface area contributed by atoms with Crippen molar-refractivity contribution < 1.29 is 38.7 Å². The molecule has 17 heteroatoms. The van der Waals surface area contributed by atoms with E-state index in [1.54, 1.807) is 56.4 Å². The molecule has 9 N–H and O–H groups in total. The Kier molecular flexibility index (Phi) is 12.5. The fourth-order valence-electron chi connectivity index (χ4n) is 5.81. The molecule has 0 unspecified atom stereocenters. The van der Waals surface area contributed by atoms with Gasteiger partial charge in [0.1, 0.15) is 30.2 Å². The minimum Gasteiger partial charge on any atom is -0.391 e. The molecule has 1 aromatic carbocycles. The summed E-state index contributed by atoms with van der Waals surface area (Å²) in [7, 11) is 0. The zero-order valence-corrected chi connectivity index (χ0v) is 30.0. The quantitative estimate of drug-likeness (QED) is 0.185. The number of carbonyl (C=O) groups excluding carboxylic acids is 7. The number of aliphatic hydroxyl groups is 1. The molecule has 2 aliphatic rings. The SMILES string of the molecule is Cc1ccsc1-c1ccc([C@H]2NC(=O)[C@@H]3C[C@@H](O)CN3C(=O)[C@H](C(C)(C)C)NC(=O)CNC(=O)[C@H](C)NC(=O)[C@@H](CN)NC(=O)CNC2=O)cc1. The second kappa shape index (κ2) is 16.4. The standard InChI is InChI=1S/C34H46N8O8S/c1-17-10-11-51-27(17)20-8-6-19(7-9-20)26-32(49)37-14-24(44)39-22(13-35)30(47)38-18(2)29(46)36-15-25(45)40-28(34(3,4)5)33(50)42-16-21(43)12-23(42)31(48)41-26/h6-11,18,21-23,26,28,43H,12-16,35H2,1-5H3,(H,36,46)(H,37,49)(H,38,47)(H,39,44)(H,40,45)(H,41,48)/t18-,21+,22+,23-,26+,28+/m0/s1. The molecule has 0 spiro atoms. The highest BCUT2D eigenvalue weighted by atomic mass is 32.1. The first-order valence-electron chi connectivity index (χ1n) is 16.6. The maximum Gasteiger partial charge on any atom is 0.247 e. The monoisotopic (exact) mass is 726 g/mol. The molecule has 7 amide bonds. The van der Waals surface area contributed by atoms with E-state index >= 15 is 0 Å². The predicted molar refractivity (Wildman–Crippen MR) is 187 cm³/mol. The van der Waals surface area contributed by atoms with Crippen LogP contribution in [0.15, 0.2) is 35.7 Å². The van der Waals surface area contributed by atoms with Gasteiger partial charge in [0.15, 0.2) is 0 Å². The summed E-state index contributed by atoms with van der Waals surface area (Å²) in [4.78, 5) is 95.2. The number of aliphatic hydroxyl groups excluding tert-OH is 1. The predicted octanol–water partition coefficient (Wildman–Crippen LogP) is -1.43. The van der Waals surface area contributed by atoms with Crippen LogP contribution in [0.3, 0.4) is 0 Å². The van der Waals surface area contributed by atoms with Crippen LogP contribution in [0.2, 0.25) is 0 Å². The number of thiophene rings is 1. The number of nitrogens with zero attached hydrogens (tertiary/aromatic N) is 1. The number of carbonyl (C=O) groups is 7. The van der Waals surface area contributed by atoms with Gasteiger partial charge < -0.3 is 47.6 Å². The topological polar surface area (TPSA) is 241 Å². The second-order valence-corrected chi connectivity index (χ2v) is 14.7. The van der Waals surface area contributed by atoms with Crippen molar-refractivity contribution in [1.29, 1.82) is 0 Å². The first-order valence-corrected chi connectivity index (χ1v) is 17.5. The minimum atomic E-state index is -1.34. The molecular weight excluding hydrogens is 680 g/mol. The maximum atomic E-state index is 14.0. The summed E-state index contributed by atoms with van der Waals surface area (Å²) in [5.41, 5.74) is 7.18. The normalized spacial score (nSPS) is 26.5. The number of fused-ring (bicyclic) bond motifs is 1. The molecule has 0 bridgehead atoms. The number of nitrogens with one attached hydrogen (secondary N) is 6. The van der Waals surface area contributed by atoms with E-state index in [2.05, 4.69) is 31.9 Å². The number of amides is 7. The van der Waals surface area contributed by atoms with Gasteiger partial charge in [0.25, 0.3) is 0 Å². The first-order chi connectivity index (χ1) is 24.0. The zero-order chi connectivity index (χ0) is 37.6. The molecule has 0 radical (unpaired) electrons. The van der Waals surface area contributed by atoms with Crippen molar-refractivity contribution in [2.45, 2.75) is 77.4 Å². The molecule has 0 saturated carbocycles. The third-order valence-corrected chi connectivity index (χ3v) is 9.75. The van der Waals surface area contributed by atoms with E-state index in [-0.39, 0.29) is 19.5 Å². The van der Waals surface area contributed by atoms with Crippen molar-refractivity contribution in [1.82, 2.24) is 36.8 Å². The van der Waals surface area contributed by atoms with E-state index in [1.807, 2.05) is 18.4 Å². The Morgan fingerprint density at radius 3 is 2.06 bits per heavy atom. The lowest BCUT2D eigenvalue weighted by atomic mass is 9.85. The van der Waals surface area contributed by atoms with Crippen LogP contribution >= 0.6 is 11.3 Å². The molecule has 4 rings (SSSR count). The van der Waals surface area contributed by atoms with Gasteiger partial charge in [-0.25, -0.2) is 0 Å². The van der Waals surface area contributed by atoms with E-state index in [0.29, 0.717) is 5.56 Å². The van der Waals surface area contributed by atoms with Crippen LogP contribution in [0, 0.1) is 12.3 Å². The van der Waals surface area contributed by atoms with Gasteiger partial charge in [0.2, 0.25) is 41.4 Å². The van der Waals surface area contributed by atoms with E-state index in [0.717, 1.165) is 16.0 Å². The fraction of sp³-hybridized carbons (Fsp3) is 0.500. The van der Waals surface area contributed by atoms with Gasteiger partial charge in [0.05, 0.1) is 19.2 Å². The highest BCUT2D eigenvalue weighted by Gasteiger charge is 2.45. The van der Waals surface area contributed by atoms with Crippen molar-refractivity contribution >= 4 is 52.7 Å². The third-order valence-electron chi connectivity index (χ3n) is 8.69. The maximum absolute atomic E-state index is 14.0. The van der Waals surface area contributed by atoms with Crippen LogP contribution in [0.4, 0.5) is 0 Å². The van der Waals surface area contributed by atoms with E-state index in [1.165, 1.54) is 11.8 Å². The van der Waals surface area contributed by atoms with Crippen LogP contribution in [0.1, 0.15) is 51.3 Å². The number of nitrogens with two attached hydrogens (primary N) is 1. The Morgan fingerprint density at radius 1 is 0.843 bits per heavy atom. The van der Waals surface area contributed by atoms with Crippen molar-refractivity contribution in [2.75, 3.05) is 26.2 Å². The molecule has 3 heterocycles. The summed E-state index contributed by atoms with van der Waals surface area (Å²) < 4.78 is 0. The van der Waals surface area contributed by atoms with E-state index in [4.69, 9.17) is 5.73 Å². The van der Waals surface area contributed by atoms with Gasteiger partial charge >= 0.3 is 0 Å². The van der Waals surface area contributed by atoms with Crippen LogP contribution < -0.4 is 37.6 Å². The summed E-state index contributed by atoms with van der Waals surface area (Å²) in [6, 6.07) is 2.81. The lowest BCUT2D eigenvalue weighted by molar-refractivity contribution is -0.144. The van der Waals surface area contributed by atoms with Crippen LogP contribution in [-0.4, -0.2) is 108 Å². The van der Waals surface area contributed by atoms with Crippen molar-refractivity contribution in [3.05, 3.63) is 46.8 Å². The molecule has 6 atom stereocenters. The molecule has 2 aliphatic heterocycles. The van der Waals surface area contributed by atoms with Gasteiger partial charge in [0, 0.05) is 24.4 Å². The van der Waals surface area contributed by atoms with Gasteiger partial charge in [-0.2, -0.15) is 0 Å². The largest absolute Gasteiger partial charge is 0.391 e. The summed E-state index contributed by atoms with van der Waals surface area (Å²) in [6.07, 6.45) is -1.20. The minimum absolute atomic E-state index is 0.134. The highest BCUT2D eigenvalue weighted by Crippen LogP contribution is 2.31. The Hall–Kier alpha value is -4.87. The van der Waals surface area contributed by atoms with Crippen LogP contribution in [0.25, 0.3) is 10.4 Å². The van der Waals surface area contributed by atoms with Gasteiger partial charge in [-0.15, -0.1) is 11.3 Å². The van der Waals surface area contributed by atoms with Gasteiger partial charge in [-0.05, 0) is 47.4 Å². The molecule has 2 saturated heterocycles. The molecule has 2 aromatic rings. The van der Waals surface area contributed by atoms with E-state index in [9.17, 15) is 38.7 Å². The van der Waals surface area contributed by atoms with Crippen molar-refractivity contribution in [3.63, 3.8) is 0 Å². The average molecular weight is 727 g/mol. The highest BCUT2D eigenvalue weighted by molar-refractivity contribution is 7.13. The Morgan fingerprint density at radius 2 is 1.47 bits per heavy atom. The van der Waals surface area contributed by atoms with Gasteiger partial charge in [-0.1, -0.05) is 45.0 Å². The Labute approximate surface area is 299 Å². The Bertz CT molecular complexity index is 1660. The molecule has 0 aliphatic carbocycles. The van der Waals surface area contributed by atoms with Crippen molar-refractivity contribution in [2.24, 2.45) is 11.1 Å². The lowest BCUT2D eigenvalue weighted by Crippen LogP contribution is -2.59. The average Bonchev–Trinajstić information content (AvgIpc) is 3.70. The number of rotatable bonds is 3. The fourth-order valence-corrected chi connectivity index (χ4v) is 6.75. The summed E-state index contributed by atoms with van der Waals surface area (Å²) in [5.74, 6) is -5.14. The molecule has 276 valence electrons. The number of aryl methyl sites for hydroxylation is 1.